The normalized spacial score (nSPS) is 43.9. The third-order valence-corrected chi connectivity index (χ3v) is 7.61. The largest absolute Gasteiger partial charge is 0.460 e. The van der Waals surface area contributed by atoms with E-state index in [1.165, 1.54) is 13.8 Å². The molecule has 2 aliphatic heterocycles. The minimum Gasteiger partial charge on any atom is -0.460 e. The highest BCUT2D eigenvalue weighted by Gasteiger charge is 2.60. The number of hydrogen-bond donors (Lipinski definition) is 1. The summed E-state index contributed by atoms with van der Waals surface area (Å²) in [5.41, 5.74) is -0.968. The van der Waals surface area contributed by atoms with Gasteiger partial charge in [0, 0.05) is 32.1 Å². The van der Waals surface area contributed by atoms with E-state index in [1.807, 2.05) is 6.92 Å². The van der Waals surface area contributed by atoms with Gasteiger partial charge in [0.1, 0.15) is 23.4 Å². The number of aliphatic hydroxyl groups is 1. The van der Waals surface area contributed by atoms with Gasteiger partial charge in [0.05, 0.1) is 6.10 Å². The van der Waals surface area contributed by atoms with E-state index in [0.717, 1.165) is 18.4 Å². The maximum atomic E-state index is 12.1. The van der Waals surface area contributed by atoms with Gasteiger partial charge in [0.25, 0.3) is 0 Å². The standard InChI is InChI=1S/C24H38O6/c1-13(2)17-9-8-14(3)20-18-12-23(6,27)19(28-15(4)25)10-11-24(7,30-16(5)26)22(29-18)21(17)20/h13,17-22,27H,3,8-12H2,1-2,4-7H3. The van der Waals surface area contributed by atoms with Crippen LogP contribution >= 0.6 is 0 Å². The molecular formula is C24H38O6. The molecule has 30 heavy (non-hydrogen) atoms. The second kappa shape index (κ2) is 8.27. The molecule has 1 N–H and O–H groups in total. The summed E-state index contributed by atoms with van der Waals surface area (Å²) in [6.45, 7) is 15.3. The van der Waals surface area contributed by atoms with E-state index in [9.17, 15) is 14.7 Å². The van der Waals surface area contributed by atoms with Crippen LogP contribution < -0.4 is 0 Å². The monoisotopic (exact) mass is 422 g/mol. The molecule has 6 heteroatoms. The highest BCUT2D eigenvalue weighted by Crippen LogP contribution is 2.56. The van der Waals surface area contributed by atoms with E-state index in [0.29, 0.717) is 31.1 Å². The van der Waals surface area contributed by atoms with Crippen LogP contribution in [0, 0.1) is 23.7 Å². The van der Waals surface area contributed by atoms with Crippen molar-refractivity contribution in [1.29, 1.82) is 0 Å². The lowest BCUT2D eigenvalue weighted by atomic mass is 9.60. The fourth-order valence-electron chi connectivity index (χ4n) is 6.27. The molecule has 8 unspecified atom stereocenters. The average molecular weight is 423 g/mol. The first-order valence-corrected chi connectivity index (χ1v) is 11.3. The fraction of sp³-hybridized carbons (Fsp3) is 0.833. The second-order valence-electron chi connectivity index (χ2n) is 10.4. The van der Waals surface area contributed by atoms with Crippen LogP contribution in [0.1, 0.15) is 73.6 Å². The Hall–Kier alpha value is -1.40. The van der Waals surface area contributed by atoms with Gasteiger partial charge in [-0.1, -0.05) is 26.0 Å². The zero-order chi connectivity index (χ0) is 22.4. The first-order chi connectivity index (χ1) is 13.9. The number of rotatable bonds is 3. The third-order valence-electron chi connectivity index (χ3n) is 7.61. The molecule has 3 rings (SSSR count). The van der Waals surface area contributed by atoms with Crippen LogP contribution in [0.2, 0.25) is 0 Å². The molecule has 0 aromatic carbocycles. The van der Waals surface area contributed by atoms with Crippen molar-refractivity contribution in [1.82, 2.24) is 0 Å². The molecular weight excluding hydrogens is 384 g/mol. The molecule has 1 aliphatic carbocycles. The van der Waals surface area contributed by atoms with Gasteiger partial charge in [0.15, 0.2) is 0 Å². The van der Waals surface area contributed by atoms with Gasteiger partial charge in [-0.3, -0.25) is 9.59 Å². The summed E-state index contributed by atoms with van der Waals surface area (Å²) in [7, 11) is 0. The van der Waals surface area contributed by atoms with Gasteiger partial charge in [-0.05, 0) is 51.4 Å². The number of esters is 2. The predicted octanol–water partition coefficient (Wildman–Crippen LogP) is 3.80. The van der Waals surface area contributed by atoms with Gasteiger partial charge in [-0.15, -0.1) is 0 Å². The SMILES string of the molecule is C=C1CCC(C(C)C)C2C1C1CC(C)(O)C(OC(C)=O)CCC(C)(OC(C)=O)C2O1. The van der Waals surface area contributed by atoms with Crippen molar-refractivity contribution in [3.8, 4) is 0 Å². The summed E-state index contributed by atoms with van der Waals surface area (Å²) in [6.07, 6.45) is 1.95. The molecule has 3 aliphatic rings. The highest BCUT2D eigenvalue weighted by molar-refractivity contribution is 5.67. The zero-order valence-electron chi connectivity index (χ0n) is 19.3. The summed E-state index contributed by atoms with van der Waals surface area (Å²) in [5.74, 6) is 0.384. The molecule has 0 spiro atoms. The first kappa shape index (κ1) is 23.3. The van der Waals surface area contributed by atoms with Crippen LogP contribution in [-0.2, 0) is 23.8 Å². The van der Waals surface area contributed by atoms with E-state index in [4.69, 9.17) is 14.2 Å². The van der Waals surface area contributed by atoms with Crippen molar-refractivity contribution < 1.29 is 28.9 Å². The lowest BCUT2D eigenvalue weighted by Gasteiger charge is -2.46. The lowest BCUT2D eigenvalue weighted by Crippen LogP contribution is -2.52. The van der Waals surface area contributed by atoms with Gasteiger partial charge < -0.3 is 19.3 Å². The van der Waals surface area contributed by atoms with E-state index in [2.05, 4.69) is 20.4 Å². The van der Waals surface area contributed by atoms with Crippen LogP contribution in [0.15, 0.2) is 12.2 Å². The Morgan fingerprint density at radius 1 is 1.20 bits per heavy atom. The van der Waals surface area contributed by atoms with Crippen molar-refractivity contribution in [2.75, 3.05) is 0 Å². The van der Waals surface area contributed by atoms with Gasteiger partial charge in [-0.25, -0.2) is 0 Å². The van der Waals surface area contributed by atoms with Crippen molar-refractivity contribution >= 4 is 11.9 Å². The maximum Gasteiger partial charge on any atom is 0.303 e. The number of carbonyl (C=O) groups excluding carboxylic acids is 2. The Bertz CT molecular complexity index is 698. The number of carbonyl (C=O) groups is 2. The summed E-state index contributed by atoms with van der Waals surface area (Å²) < 4.78 is 18.1. The summed E-state index contributed by atoms with van der Waals surface area (Å²) in [5, 5.41) is 11.3. The van der Waals surface area contributed by atoms with Crippen LogP contribution in [0.5, 0.6) is 0 Å². The second-order valence-corrected chi connectivity index (χ2v) is 10.4. The Kier molecular flexibility index (Phi) is 6.41. The quantitative estimate of drug-likeness (QED) is 0.550. The van der Waals surface area contributed by atoms with Gasteiger partial charge in [0.2, 0.25) is 0 Å². The van der Waals surface area contributed by atoms with E-state index in [1.54, 1.807) is 6.92 Å². The topological polar surface area (TPSA) is 82.1 Å². The van der Waals surface area contributed by atoms with Crippen LogP contribution in [-0.4, -0.2) is 46.6 Å². The Balaban J connectivity index is 2.07. The van der Waals surface area contributed by atoms with Crippen molar-refractivity contribution in [2.45, 2.75) is 103 Å². The summed E-state index contributed by atoms with van der Waals surface area (Å²) in [4.78, 5) is 23.8. The fourth-order valence-corrected chi connectivity index (χ4v) is 6.27. The molecule has 8 atom stereocenters. The number of fused-ring (bicyclic) bond motifs is 5. The van der Waals surface area contributed by atoms with E-state index < -0.39 is 23.3 Å². The van der Waals surface area contributed by atoms with Crippen LogP contribution in [0.4, 0.5) is 0 Å². The molecule has 2 saturated heterocycles. The summed E-state index contributed by atoms with van der Waals surface area (Å²) >= 11 is 0. The van der Waals surface area contributed by atoms with Crippen LogP contribution in [0.3, 0.4) is 0 Å². The lowest BCUT2D eigenvalue weighted by molar-refractivity contribution is -0.180. The Labute approximate surface area is 180 Å². The molecule has 0 aromatic rings. The molecule has 170 valence electrons. The molecule has 1 saturated carbocycles. The maximum absolute atomic E-state index is 12.1. The first-order valence-electron chi connectivity index (χ1n) is 11.3. The molecule has 0 amide bonds. The van der Waals surface area contributed by atoms with Gasteiger partial charge in [-0.2, -0.15) is 0 Å². The predicted molar refractivity (Wildman–Crippen MR) is 113 cm³/mol. The third kappa shape index (κ3) is 4.31. The van der Waals surface area contributed by atoms with E-state index >= 15 is 0 Å². The van der Waals surface area contributed by atoms with Crippen molar-refractivity contribution in [3.05, 3.63) is 12.2 Å². The Morgan fingerprint density at radius 2 is 1.87 bits per heavy atom. The zero-order valence-corrected chi connectivity index (χ0v) is 19.3. The average Bonchev–Trinajstić information content (AvgIpc) is 2.98. The van der Waals surface area contributed by atoms with E-state index in [-0.39, 0.29) is 30.0 Å². The van der Waals surface area contributed by atoms with Crippen LogP contribution in [0.25, 0.3) is 0 Å². The molecule has 6 nitrogen and oxygen atoms in total. The van der Waals surface area contributed by atoms with Gasteiger partial charge >= 0.3 is 11.9 Å². The molecule has 2 heterocycles. The van der Waals surface area contributed by atoms with Crippen molar-refractivity contribution in [3.63, 3.8) is 0 Å². The number of hydrogen-bond acceptors (Lipinski definition) is 6. The highest BCUT2D eigenvalue weighted by atomic mass is 16.6. The van der Waals surface area contributed by atoms with Crippen molar-refractivity contribution in [2.24, 2.45) is 23.7 Å². The molecule has 3 fully saturated rings. The molecule has 0 radical (unpaired) electrons. The molecule has 2 bridgehead atoms. The molecule has 0 aromatic heterocycles. The minimum absolute atomic E-state index is 0.0913. The number of ether oxygens (including phenoxy) is 3. The summed E-state index contributed by atoms with van der Waals surface area (Å²) in [6, 6.07) is 0. The smallest absolute Gasteiger partial charge is 0.303 e. The Morgan fingerprint density at radius 3 is 2.43 bits per heavy atom. The minimum atomic E-state index is -1.25.